The summed E-state index contributed by atoms with van der Waals surface area (Å²) in [6.45, 7) is 3.15. The minimum Gasteiger partial charge on any atom is -0.358 e. The van der Waals surface area contributed by atoms with Crippen LogP contribution in [-0.2, 0) is 10.8 Å². The Balaban J connectivity index is 2.36. The summed E-state index contributed by atoms with van der Waals surface area (Å²) in [5.74, 6) is 0.674. The number of fused-ring (bicyclic) bond motifs is 1. The van der Waals surface area contributed by atoms with Gasteiger partial charge in [0.25, 0.3) is 0 Å². The van der Waals surface area contributed by atoms with Gasteiger partial charge in [-0.15, -0.1) is 0 Å². The summed E-state index contributed by atoms with van der Waals surface area (Å²) in [4.78, 5) is 3.20. The third kappa shape index (κ3) is 1.48. The highest BCUT2D eigenvalue weighted by molar-refractivity contribution is 7.85. The van der Waals surface area contributed by atoms with E-state index in [1.807, 2.05) is 18.2 Å². The standard InChI is InChI=1S/C10H13NOS/c1-2-7-11-8-13(12)10-6-4-3-5-9(10)11/h3-6H,2,7-8H2,1H3. The van der Waals surface area contributed by atoms with Gasteiger partial charge in [-0.3, -0.25) is 4.21 Å². The van der Waals surface area contributed by atoms with Crippen molar-refractivity contribution in [3.8, 4) is 0 Å². The van der Waals surface area contributed by atoms with E-state index >= 15 is 0 Å². The molecular weight excluding hydrogens is 182 g/mol. The van der Waals surface area contributed by atoms with Gasteiger partial charge in [0, 0.05) is 6.54 Å². The van der Waals surface area contributed by atoms with Crippen molar-refractivity contribution in [2.24, 2.45) is 0 Å². The molecule has 0 saturated carbocycles. The number of benzene rings is 1. The predicted molar refractivity (Wildman–Crippen MR) is 55.4 cm³/mol. The molecule has 2 rings (SSSR count). The molecule has 0 N–H and O–H groups in total. The number of rotatable bonds is 2. The minimum absolute atomic E-state index is 0.674. The summed E-state index contributed by atoms with van der Waals surface area (Å²) in [5, 5.41) is 0. The first-order valence-electron chi connectivity index (χ1n) is 4.55. The molecule has 0 aromatic heterocycles. The van der Waals surface area contributed by atoms with Crippen LogP contribution in [0.5, 0.6) is 0 Å². The van der Waals surface area contributed by atoms with Crippen LogP contribution in [0, 0.1) is 0 Å². The SMILES string of the molecule is CCCN1CS(=O)c2ccccc21. The fourth-order valence-corrected chi connectivity index (χ4v) is 3.00. The lowest BCUT2D eigenvalue weighted by atomic mass is 10.3. The highest BCUT2D eigenvalue weighted by Crippen LogP contribution is 2.30. The highest BCUT2D eigenvalue weighted by Gasteiger charge is 2.23. The predicted octanol–water partition coefficient (Wildman–Crippen LogP) is 1.98. The Hall–Kier alpha value is -0.830. The van der Waals surface area contributed by atoms with Crippen LogP contribution in [0.3, 0.4) is 0 Å². The number of nitrogens with zero attached hydrogens (tertiary/aromatic N) is 1. The molecule has 1 aromatic carbocycles. The monoisotopic (exact) mass is 195 g/mol. The van der Waals surface area contributed by atoms with Crippen molar-refractivity contribution in [2.75, 3.05) is 17.3 Å². The quantitative estimate of drug-likeness (QED) is 0.719. The molecule has 0 aliphatic carbocycles. The fraction of sp³-hybridized carbons (Fsp3) is 0.400. The molecule has 1 aromatic rings. The molecule has 2 nitrogen and oxygen atoms in total. The van der Waals surface area contributed by atoms with Gasteiger partial charge in [-0.25, -0.2) is 0 Å². The molecule has 70 valence electrons. The molecule has 1 heterocycles. The van der Waals surface area contributed by atoms with Gasteiger partial charge in [0.1, 0.15) is 0 Å². The lowest BCUT2D eigenvalue weighted by molar-refractivity contribution is 0.684. The largest absolute Gasteiger partial charge is 0.358 e. The van der Waals surface area contributed by atoms with Gasteiger partial charge in [-0.1, -0.05) is 19.1 Å². The van der Waals surface area contributed by atoms with Gasteiger partial charge >= 0.3 is 0 Å². The normalized spacial score (nSPS) is 20.4. The minimum atomic E-state index is -0.803. The molecule has 1 aliphatic heterocycles. The van der Waals surface area contributed by atoms with Crippen molar-refractivity contribution in [3.63, 3.8) is 0 Å². The number of anilines is 1. The summed E-state index contributed by atoms with van der Waals surface area (Å²) >= 11 is 0. The maximum atomic E-state index is 11.6. The first-order chi connectivity index (χ1) is 6.33. The fourth-order valence-electron chi connectivity index (χ4n) is 1.65. The average Bonchev–Trinajstić information content (AvgIpc) is 2.46. The number of para-hydroxylation sites is 1. The Morgan fingerprint density at radius 2 is 2.23 bits per heavy atom. The van der Waals surface area contributed by atoms with Crippen molar-refractivity contribution in [2.45, 2.75) is 18.2 Å². The van der Waals surface area contributed by atoms with Crippen LogP contribution in [0.15, 0.2) is 29.2 Å². The summed E-state index contributed by atoms with van der Waals surface area (Å²) in [6, 6.07) is 7.97. The van der Waals surface area contributed by atoms with Crippen molar-refractivity contribution in [1.29, 1.82) is 0 Å². The maximum Gasteiger partial charge on any atom is 0.0985 e. The Morgan fingerprint density at radius 1 is 1.46 bits per heavy atom. The smallest absolute Gasteiger partial charge is 0.0985 e. The molecule has 0 fully saturated rings. The van der Waals surface area contributed by atoms with Crippen LogP contribution in [-0.4, -0.2) is 16.6 Å². The van der Waals surface area contributed by atoms with E-state index in [0.717, 1.165) is 23.5 Å². The molecule has 13 heavy (non-hydrogen) atoms. The van der Waals surface area contributed by atoms with Crippen LogP contribution in [0.4, 0.5) is 5.69 Å². The third-order valence-electron chi connectivity index (χ3n) is 2.22. The summed E-state index contributed by atoms with van der Waals surface area (Å²) in [5.41, 5.74) is 1.16. The maximum absolute atomic E-state index is 11.6. The van der Waals surface area contributed by atoms with Crippen molar-refractivity contribution in [3.05, 3.63) is 24.3 Å². The van der Waals surface area contributed by atoms with E-state index in [4.69, 9.17) is 0 Å². The molecule has 1 unspecified atom stereocenters. The summed E-state index contributed by atoms with van der Waals surface area (Å²) < 4.78 is 11.6. The molecule has 3 heteroatoms. The highest BCUT2D eigenvalue weighted by atomic mass is 32.2. The van der Waals surface area contributed by atoms with Crippen LogP contribution >= 0.6 is 0 Å². The van der Waals surface area contributed by atoms with Crippen molar-refractivity contribution < 1.29 is 4.21 Å². The second-order valence-corrected chi connectivity index (χ2v) is 4.59. The van der Waals surface area contributed by atoms with Crippen LogP contribution in [0.2, 0.25) is 0 Å². The van der Waals surface area contributed by atoms with Gasteiger partial charge in [0.15, 0.2) is 0 Å². The van der Waals surface area contributed by atoms with Gasteiger partial charge in [-0.2, -0.15) is 0 Å². The Kier molecular flexibility index (Phi) is 2.36. The molecule has 0 saturated heterocycles. The van der Waals surface area contributed by atoms with Crippen LogP contribution in [0.25, 0.3) is 0 Å². The van der Waals surface area contributed by atoms with E-state index in [1.54, 1.807) is 0 Å². The summed E-state index contributed by atoms with van der Waals surface area (Å²) in [7, 11) is -0.803. The lowest BCUT2D eigenvalue weighted by Gasteiger charge is -2.16. The van der Waals surface area contributed by atoms with E-state index in [-0.39, 0.29) is 0 Å². The second kappa shape index (κ2) is 3.50. The first-order valence-corrected chi connectivity index (χ1v) is 5.87. The molecule has 0 bridgehead atoms. The molecule has 0 radical (unpaired) electrons. The van der Waals surface area contributed by atoms with Gasteiger partial charge < -0.3 is 4.90 Å². The van der Waals surface area contributed by atoms with Crippen LogP contribution < -0.4 is 4.90 Å². The van der Waals surface area contributed by atoms with Gasteiger partial charge in [0.2, 0.25) is 0 Å². The van der Waals surface area contributed by atoms with Gasteiger partial charge in [-0.05, 0) is 18.6 Å². The van der Waals surface area contributed by atoms with Crippen molar-refractivity contribution >= 4 is 16.5 Å². The zero-order valence-electron chi connectivity index (χ0n) is 7.69. The zero-order chi connectivity index (χ0) is 9.26. The average molecular weight is 195 g/mol. The van der Waals surface area contributed by atoms with E-state index < -0.39 is 10.8 Å². The first kappa shape index (κ1) is 8.75. The van der Waals surface area contributed by atoms with Crippen LogP contribution in [0.1, 0.15) is 13.3 Å². The molecule has 0 amide bonds. The summed E-state index contributed by atoms with van der Waals surface area (Å²) in [6.07, 6.45) is 1.10. The molecule has 1 aliphatic rings. The Morgan fingerprint density at radius 3 is 3.00 bits per heavy atom. The second-order valence-electron chi connectivity index (χ2n) is 3.21. The Labute approximate surface area is 81.0 Å². The molecule has 1 atom stereocenters. The Bertz CT molecular complexity index is 337. The van der Waals surface area contributed by atoms with E-state index in [0.29, 0.717) is 5.88 Å². The molecule has 0 spiro atoms. The third-order valence-corrected chi connectivity index (χ3v) is 3.60. The van der Waals surface area contributed by atoms with Crippen molar-refractivity contribution in [1.82, 2.24) is 0 Å². The topological polar surface area (TPSA) is 20.3 Å². The zero-order valence-corrected chi connectivity index (χ0v) is 8.51. The molecular formula is C10H13NOS. The van der Waals surface area contributed by atoms with E-state index in [9.17, 15) is 4.21 Å². The lowest BCUT2D eigenvalue weighted by Crippen LogP contribution is -2.21. The van der Waals surface area contributed by atoms with E-state index in [1.165, 1.54) is 0 Å². The van der Waals surface area contributed by atoms with Gasteiger partial charge in [0.05, 0.1) is 27.3 Å². The van der Waals surface area contributed by atoms with E-state index in [2.05, 4.69) is 17.9 Å². The number of hydrogen-bond donors (Lipinski definition) is 0. The number of hydrogen-bond acceptors (Lipinski definition) is 2.